The Morgan fingerprint density at radius 1 is 1.18 bits per heavy atom. The van der Waals surface area contributed by atoms with Gasteiger partial charge in [-0.2, -0.15) is 0 Å². The second-order valence-electron chi connectivity index (χ2n) is 5.95. The number of nitrogens with one attached hydrogen (secondary N) is 1. The molecule has 0 aromatic heterocycles. The zero-order chi connectivity index (χ0) is 15.5. The third kappa shape index (κ3) is 3.25. The molecule has 1 heterocycles. The molecule has 0 spiro atoms. The van der Waals surface area contributed by atoms with E-state index in [9.17, 15) is 9.59 Å². The number of benzene rings is 2. The Hall–Kier alpha value is -2.42. The molecule has 112 valence electrons. The first-order chi connectivity index (χ1) is 10.6. The van der Waals surface area contributed by atoms with E-state index < -0.39 is 0 Å². The van der Waals surface area contributed by atoms with Crippen molar-refractivity contribution in [1.29, 1.82) is 0 Å². The number of carbonyl (C=O) groups is 2. The maximum Gasteiger partial charge on any atom is 0.228 e. The minimum atomic E-state index is 0.0242. The average Bonchev–Trinajstić information content (AvgIpc) is 2.87. The summed E-state index contributed by atoms with van der Waals surface area (Å²) in [6.07, 6.45) is 1.38. The van der Waals surface area contributed by atoms with E-state index in [2.05, 4.69) is 24.4 Å². The summed E-state index contributed by atoms with van der Waals surface area (Å²) in [7, 11) is 0. The lowest BCUT2D eigenvalue weighted by Gasteiger charge is -2.11. The molecule has 0 bridgehead atoms. The second kappa shape index (κ2) is 6.14. The molecule has 1 aliphatic heterocycles. The molecule has 1 N–H and O–H groups in total. The van der Waals surface area contributed by atoms with Gasteiger partial charge in [-0.3, -0.25) is 9.59 Å². The van der Waals surface area contributed by atoms with Gasteiger partial charge < -0.3 is 5.32 Å². The van der Waals surface area contributed by atoms with Crippen molar-refractivity contribution in [3.05, 3.63) is 65.2 Å². The van der Waals surface area contributed by atoms with Crippen LogP contribution in [0.25, 0.3) is 0 Å². The number of hydrogen-bond donors (Lipinski definition) is 1. The first-order valence-electron chi connectivity index (χ1n) is 7.60. The highest BCUT2D eigenvalue weighted by Gasteiger charge is 2.18. The number of amides is 1. The molecule has 0 radical (unpaired) electrons. The van der Waals surface area contributed by atoms with Gasteiger partial charge >= 0.3 is 0 Å². The molecule has 3 nitrogen and oxygen atoms in total. The Labute approximate surface area is 130 Å². The van der Waals surface area contributed by atoms with Crippen LogP contribution < -0.4 is 5.32 Å². The largest absolute Gasteiger partial charge is 0.326 e. The Bertz CT molecular complexity index is 707. The summed E-state index contributed by atoms with van der Waals surface area (Å²) in [6, 6.07) is 15.9. The van der Waals surface area contributed by atoms with Crippen LogP contribution in [0.4, 0.5) is 5.69 Å². The number of fused-ring (bicyclic) bond motifs is 1. The van der Waals surface area contributed by atoms with Crippen LogP contribution in [-0.4, -0.2) is 11.7 Å². The van der Waals surface area contributed by atoms with Crippen molar-refractivity contribution in [3.8, 4) is 0 Å². The highest BCUT2D eigenvalue weighted by Crippen LogP contribution is 2.25. The van der Waals surface area contributed by atoms with Crippen LogP contribution in [0.3, 0.4) is 0 Å². The lowest BCUT2D eigenvalue weighted by molar-refractivity contribution is -0.118. The van der Waals surface area contributed by atoms with Gasteiger partial charge in [0.1, 0.15) is 5.78 Å². The smallest absolute Gasteiger partial charge is 0.228 e. The highest BCUT2D eigenvalue weighted by atomic mass is 16.1. The molecular weight excluding hydrogens is 274 g/mol. The second-order valence-corrected chi connectivity index (χ2v) is 5.95. The number of anilines is 1. The summed E-state index contributed by atoms with van der Waals surface area (Å²) < 4.78 is 0. The van der Waals surface area contributed by atoms with Gasteiger partial charge in [-0.15, -0.1) is 0 Å². The number of carbonyl (C=O) groups excluding carboxylic acids is 2. The predicted molar refractivity (Wildman–Crippen MR) is 87.0 cm³/mol. The normalized spacial score (nSPS) is 14.3. The molecule has 22 heavy (non-hydrogen) atoms. The molecule has 0 fully saturated rings. The fraction of sp³-hybridized carbons (Fsp3) is 0.263. The molecule has 1 amide bonds. The topological polar surface area (TPSA) is 46.2 Å². The fourth-order valence-corrected chi connectivity index (χ4v) is 2.93. The molecule has 1 aliphatic rings. The van der Waals surface area contributed by atoms with Gasteiger partial charge in [0.25, 0.3) is 0 Å². The minimum Gasteiger partial charge on any atom is -0.326 e. The zero-order valence-corrected chi connectivity index (χ0v) is 12.6. The summed E-state index contributed by atoms with van der Waals surface area (Å²) in [5, 5.41) is 2.81. The van der Waals surface area contributed by atoms with Crippen molar-refractivity contribution in [2.24, 2.45) is 0 Å². The summed E-state index contributed by atoms with van der Waals surface area (Å²) in [6.45, 7) is 2.08. The minimum absolute atomic E-state index is 0.0242. The van der Waals surface area contributed by atoms with Crippen molar-refractivity contribution in [2.45, 2.75) is 32.1 Å². The highest BCUT2D eigenvalue weighted by molar-refractivity contribution is 5.99. The van der Waals surface area contributed by atoms with E-state index in [0.717, 1.165) is 16.8 Å². The molecule has 0 saturated carbocycles. The quantitative estimate of drug-likeness (QED) is 0.917. The molecule has 0 saturated heterocycles. The van der Waals surface area contributed by atoms with E-state index in [1.807, 2.05) is 36.4 Å². The fourth-order valence-electron chi connectivity index (χ4n) is 2.93. The van der Waals surface area contributed by atoms with Crippen LogP contribution in [-0.2, 0) is 22.4 Å². The van der Waals surface area contributed by atoms with E-state index in [0.29, 0.717) is 19.3 Å². The van der Waals surface area contributed by atoms with Crippen LogP contribution in [0, 0.1) is 0 Å². The van der Waals surface area contributed by atoms with Gasteiger partial charge in [0, 0.05) is 18.5 Å². The first kappa shape index (κ1) is 14.5. The SMILES string of the molecule is C[C@@H](CC(=O)Cc1ccc2c(c1)CC(=O)N2)c1ccccc1. The molecule has 3 rings (SSSR count). The van der Waals surface area contributed by atoms with E-state index in [1.165, 1.54) is 5.56 Å². The number of Topliss-reactive ketones (excluding diaryl/α,β-unsaturated/α-hetero) is 1. The van der Waals surface area contributed by atoms with Crippen molar-refractivity contribution in [3.63, 3.8) is 0 Å². The molecule has 2 aromatic rings. The Morgan fingerprint density at radius 3 is 2.73 bits per heavy atom. The van der Waals surface area contributed by atoms with Crippen molar-refractivity contribution in [2.75, 3.05) is 5.32 Å². The maximum absolute atomic E-state index is 12.3. The summed E-state index contributed by atoms with van der Waals surface area (Å²) in [4.78, 5) is 23.6. The number of ketones is 1. The van der Waals surface area contributed by atoms with E-state index >= 15 is 0 Å². The molecule has 1 atom stereocenters. The lowest BCUT2D eigenvalue weighted by Crippen LogP contribution is -2.07. The van der Waals surface area contributed by atoms with Crippen molar-refractivity contribution >= 4 is 17.4 Å². The van der Waals surface area contributed by atoms with Gasteiger partial charge in [-0.1, -0.05) is 49.4 Å². The average molecular weight is 293 g/mol. The van der Waals surface area contributed by atoms with Crippen LogP contribution in [0.5, 0.6) is 0 Å². The number of hydrogen-bond acceptors (Lipinski definition) is 2. The van der Waals surface area contributed by atoms with Crippen LogP contribution in [0.15, 0.2) is 48.5 Å². The van der Waals surface area contributed by atoms with Gasteiger partial charge in [0.2, 0.25) is 5.91 Å². The van der Waals surface area contributed by atoms with E-state index in [4.69, 9.17) is 0 Å². The monoisotopic (exact) mass is 293 g/mol. The van der Waals surface area contributed by atoms with Gasteiger partial charge in [-0.05, 0) is 28.7 Å². The Kier molecular flexibility index (Phi) is 4.05. The third-order valence-corrected chi connectivity index (χ3v) is 4.10. The molecule has 3 heteroatoms. The zero-order valence-electron chi connectivity index (χ0n) is 12.6. The van der Waals surface area contributed by atoms with Crippen LogP contribution >= 0.6 is 0 Å². The van der Waals surface area contributed by atoms with Crippen molar-refractivity contribution < 1.29 is 9.59 Å². The van der Waals surface area contributed by atoms with Crippen LogP contribution in [0.1, 0.15) is 36.0 Å². The van der Waals surface area contributed by atoms with E-state index in [1.54, 1.807) is 0 Å². The van der Waals surface area contributed by atoms with E-state index in [-0.39, 0.29) is 17.6 Å². The third-order valence-electron chi connectivity index (χ3n) is 4.10. The first-order valence-corrected chi connectivity index (χ1v) is 7.60. The molecule has 0 aliphatic carbocycles. The summed E-state index contributed by atoms with van der Waals surface area (Å²) in [5.74, 6) is 0.483. The van der Waals surface area contributed by atoms with Gasteiger partial charge in [0.05, 0.1) is 6.42 Å². The molecule has 0 unspecified atom stereocenters. The number of rotatable bonds is 5. The van der Waals surface area contributed by atoms with Gasteiger partial charge in [-0.25, -0.2) is 0 Å². The van der Waals surface area contributed by atoms with Crippen LogP contribution in [0.2, 0.25) is 0 Å². The summed E-state index contributed by atoms with van der Waals surface area (Å²) in [5.41, 5.74) is 4.05. The van der Waals surface area contributed by atoms with Gasteiger partial charge in [0.15, 0.2) is 0 Å². The Balaban J connectivity index is 1.63. The lowest BCUT2D eigenvalue weighted by atomic mass is 9.93. The summed E-state index contributed by atoms with van der Waals surface area (Å²) >= 11 is 0. The Morgan fingerprint density at radius 2 is 1.95 bits per heavy atom. The van der Waals surface area contributed by atoms with Crippen molar-refractivity contribution in [1.82, 2.24) is 0 Å². The molecule has 2 aromatic carbocycles. The standard InChI is InChI=1S/C19H19NO2/c1-13(15-5-3-2-4-6-15)9-17(21)11-14-7-8-18-16(10-14)12-19(22)20-18/h2-8,10,13H,9,11-12H2,1H3,(H,20,22)/t13-/m0/s1. The predicted octanol–water partition coefficient (Wildman–Crippen LogP) is 3.49. The maximum atomic E-state index is 12.3. The molecular formula is C19H19NO2.